The summed E-state index contributed by atoms with van der Waals surface area (Å²) in [5.41, 5.74) is 3.90. The summed E-state index contributed by atoms with van der Waals surface area (Å²) in [6.07, 6.45) is -0.291. The molecule has 4 rings (SSSR count). The highest BCUT2D eigenvalue weighted by Crippen LogP contribution is 2.23. The molecule has 1 fully saturated rings. The number of hydrogen-bond donors (Lipinski definition) is 2. The molecule has 0 aliphatic carbocycles. The van der Waals surface area contributed by atoms with Crippen molar-refractivity contribution in [2.75, 3.05) is 5.32 Å². The normalized spacial score (nSPS) is 15.3. The van der Waals surface area contributed by atoms with Crippen LogP contribution < -0.4 is 10.7 Å². The zero-order chi connectivity index (χ0) is 24.9. The molecule has 0 bridgehead atoms. The SMILES string of the molecule is O=C(CC1C(=O)N(Cc2ccccc2)C(=S)N1NC(=O)c1cccc(F)c1)Nc1cccc(Cl)c1. The van der Waals surface area contributed by atoms with Gasteiger partial charge in [-0.25, -0.2) is 9.40 Å². The van der Waals surface area contributed by atoms with Gasteiger partial charge in [-0.3, -0.25) is 24.7 Å². The van der Waals surface area contributed by atoms with Crippen molar-refractivity contribution in [3.8, 4) is 0 Å². The van der Waals surface area contributed by atoms with Crippen molar-refractivity contribution in [3.05, 3.63) is 101 Å². The fourth-order valence-electron chi connectivity index (χ4n) is 3.62. The van der Waals surface area contributed by atoms with Gasteiger partial charge in [-0.1, -0.05) is 54.1 Å². The number of rotatable bonds is 7. The molecule has 1 aliphatic heterocycles. The van der Waals surface area contributed by atoms with Crippen LogP contribution in [0.2, 0.25) is 5.02 Å². The van der Waals surface area contributed by atoms with Crippen LogP contribution in [0.4, 0.5) is 10.1 Å². The molecule has 1 unspecified atom stereocenters. The summed E-state index contributed by atoms with van der Waals surface area (Å²) < 4.78 is 13.6. The third kappa shape index (κ3) is 5.82. The molecule has 0 aromatic heterocycles. The molecule has 178 valence electrons. The van der Waals surface area contributed by atoms with E-state index in [9.17, 15) is 18.8 Å². The van der Waals surface area contributed by atoms with Gasteiger partial charge in [0.2, 0.25) is 5.91 Å². The Balaban J connectivity index is 1.56. The number of benzene rings is 3. The number of thiocarbonyl (C=S) groups is 1. The predicted molar refractivity (Wildman–Crippen MR) is 134 cm³/mol. The van der Waals surface area contributed by atoms with E-state index in [0.29, 0.717) is 10.7 Å². The highest BCUT2D eigenvalue weighted by atomic mass is 35.5. The molecule has 3 aromatic carbocycles. The van der Waals surface area contributed by atoms with Crippen molar-refractivity contribution in [2.24, 2.45) is 0 Å². The van der Waals surface area contributed by atoms with Gasteiger partial charge in [-0.05, 0) is 54.2 Å². The van der Waals surface area contributed by atoms with Crippen molar-refractivity contribution in [1.29, 1.82) is 0 Å². The highest BCUT2D eigenvalue weighted by Gasteiger charge is 2.44. The lowest BCUT2D eigenvalue weighted by atomic mass is 10.1. The second kappa shape index (κ2) is 10.6. The van der Waals surface area contributed by atoms with E-state index >= 15 is 0 Å². The first-order valence-corrected chi connectivity index (χ1v) is 11.4. The molecule has 7 nitrogen and oxygen atoms in total. The van der Waals surface area contributed by atoms with E-state index in [-0.39, 0.29) is 23.6 Å². The van der Waals surface area contributed by atoms with Crippen molar-refractivity contribution in [3.63, 3.8) is 0 Å². The van der Waals surface area contributed by atoms with Crippen molar-refractivity contribution < 1.29 is 18.8 Å². The van der Waals surface area contributed by atoms with Gasteiger partial charge in [0.25, 0.3) is 11.8 Å². The van der Waals surface area contributed by atoms with Crippen LogP contribution in [-0.2, 0) is 16.1 Å². The second-order valence-electron chi connectivity index (χ2n) is 7.79. The molecule has 0 radical (unpaired) electrons. The maximum absolute atomic E-state index is 13.6. The average Bonchev–Trinajstić information content (AvgIpc) is 3.04. The summed E-state index contributed by atoms with van der Waals surface area (Å²) in [6.45, 7) is 0.164. The van der Waals surface area contributed by atoms with Gasteiger partial charge in [-0.2, -0.15) is 0 Å². The van der Waals surface area contributed by atoms with Crippen molar-refractivity contribution >= 4 is 52.3 Å². The van der Waals surface area contributed by atoms with E-state index in [1.165, 1.54) is 28.1 Å². The number of nitrogens with one attached hydrogen (secondary N) is 2. The monoisotopic (exact) mass is 510 g/mol. The molecule has 1 atom stereocenters. The first-order chi connectivity index (χ1) is 16.8. The van der Waals surface area contributed by atoms with E-state index in [0.717, 1.165) is 11.6 Å². The van der Waals surface area contributed by atoms with E-state index in [1.807, 2.05) is 30.3 Å². The van der Waals surface area contributed by atoms with Gasteiger partial charge in [0.15, 0.2) is 5.11 Å². The molecule has 1 aliphatic rings. The largest absolute Gasteiger partial charge is 0.326 e. The van der Waals surface area contributed by atoms with E-state index in [1.54, 1.807) is 24.3 Å². The predicted octanol–water partition coefficient (Wildman–Crippen LogP) is 4.15. The first kappa shape index (κ1) is 24.3. The summed E-state index contributed by atoms with van der Waals surface area (Å²) in [6, 6.07) is 19.8. The van der Waals surface area contributed by atoms with E-state index < -0.39 is 29.6 Å². The van der Waals surface area contributed by atoms with Crippen molar-refractivity contribution in [1.82, 2.24) is 15.3 Å². The molecule has 2 N–H and O–H groups in total. The number of nitrogens with zero attached hydrogens (tertiary/aromatic N) is 2. The number of anilines is 1. The van der Waals surface area contributed by atoms with Gasteiger partial charge in [-0.15, -0.1) is 0 Å². The van der Waals surface area contributed by atoms with Gasteiger partial charge >= 0.3 is 0 Å². The third-order valence-electron chi connectivity index (χ3n) is 5.28. The Morgan fingerprint density at radius 2 is 1.74 bits per heavy atom. The quantitative estimate of drug-likeness (QED) is 0.467. The Morgan fingerprint density at radius 1 is 1.00 bits per heavy atom. The zero-order valence-corrected chi connectivity index (χ0v) is 19.9. The summed E-state index contributed by atoms with van der Waals surface area (Å²) in [7, 11) is 0. The molecule has 35 heavy (non-hydrogen) atoms. The average molecular weight is 511 g/mol. The molecular weight excluding hydrogens is 491 g/mol. The summed E-state index contributed by atoms with van der Waals surface area (Å²) in [5, 5.41) is 4.36. The third-order valence-corrected chi connectivity index (χ3v) is 5.93. The summed E-state index contributed by atoms with van der Waals surface area (Å²) >= 11 is 11.5. The molecule has 1 saturated heterocycles. The zero-order valence-electron chi connectivity index (χ0n) is 18.3. The minimum Gasteiger partial charge on any atom is -0.326 e. The maximum Gasteiger partial charge on any atom is 0.269 e. The molecule has 0 spiro atoms. The molecule has 0 saturated carbocycles. The van der Waals surface area contributed by atoms with Gasteiger partial charge in [0.05, 0.1) is 13.0 Å². The lowest BCUT2D eigenvalue weighted by Crippen LogP contribution is -2.49. The lowest BCUT2D eigenvalue weighted by molar-refractivity contribution is -0.131. The standard InChI is InChI=1S/C25H20ClFN4O3S/c26-18-9-5-11-20(13-18)28-22(32)14-21-24(34)30(15-16-6-2-1-3-7-16)25(35)31(21)29-23(33)17-8-4-10-19(27)12-17/h1-13,21H,14-15H2,(H,28,32)(H,29,33). The molecule has 1 heterocycles. The van der Waals surface area contributed by atoms with Crippen LogP contribution in [0, 0.1) is 5.82 Å². The highest BCUT2D eigenvalue weighted by molar-refractivity contribution is 7.80. The topological polar surface area (TPSA) is 81.8 Å². The van der Waals surface area contributed by atoms with Crippen LogP contribution in [0.15, 0.2) is 78.9 Å². The van der Waals surface area contributed by atoms with Gasteiger partial charge in [0, 0.05) is 16.3 Å². The number of hydrogen-bond acceptors (Lipinski definition) is 4. The molecule has 10 heteroatoms. The summed E-state index contributed by atoms with van der Waals surface area (Å²) in [5.74, 6) is -2.16. The Labute approximate surface area is 211 Å². The number of amides is 3. The minimum absolute atomic E-state index is 0.0316. The van der Waals surface area contributed by atoms with Gasteiger partial charge in [0.1, 0.15) is 11.9 Å². The Morgan fingerprint density at radius 3 is 2.46 bits per heavy atom. The van der Waals surface area contributed by atoms with Crippen molar-refractivity contribution in [2.45, 2.75) is 19.0 Å². The maximum atomic E-state index is 13.6. The van der Waals surface area contributed by atoms with E-state index in [2.05, 4.69) is 10.7 Å². The minimum atomic E-state index is -1.09. The van der Waals surface area contributed by atoms with E-state index in [4.69, 9.17) is 23.8 Å². The Bertz CT molecular complexity index is 1290. The second-order valence-corrected chi connectivity index (χ2v) is 8.59. The number of hydrazine groups is 1. The number of halogens is 2. The molecular formula is C25H20ClFN4O3S. The van der Waals surface area contributed by atoms with Gasteiger partial charge < -0.3 is 5.32 Å². The molecule has 3 aromatic rings. The Kier molecular flexibility index (Phi) is 7.38. The van der Waals surface area contributed by atoms with Crippen LogP contribution in [-0.4, -0.2) is 38.8 Å². The van der Waals surface area contributed by atoms with Crippen LogP contribution >= 0.6 is 23.8 Å². The van der Waals surface area contributed by atoms with Crippen LogP contribution in [0.3, 0.4) is 0 Å². The Hall–Kier alpha value is -3.82. The van der Waals surface area contributed by atoms with Crippen LogP contribution in [0.5, 0.6) is 0 Å². The first-order valence-electron chi connectivity index (χ1n) is 10.6. The number of carbonyl (C=O) groups excluding carboxylic acids is 3. The smallest absolute Gasteiger partial charge is 0.269 e. The fourth-order valence-corrected chi connectivity index (χ4v) is 4.14. The lowest BCUT2D eigenvalue weighted by Gasteiger charge is -2.24. The van der Waals surface area contributed by atoms with Crippen LogP contribution in [0.25, 0.3) is 0 Å². The summed E-state index contributed by atoms with van der Waals surface area (Å²) in [4.78, 5) is 40.2. The fraction of sp³-hybridized carbons (Fsp3) is 0.120. The molecule has 3 amide bonds. The number of carbonyl (C=O) groups is 3. The van der Waals surface area contributed by atoms with Crippen LogP contribution in [0.1, 0.15) is 22.3 Å².